The highest BCUT2D eigenvalue weighted by Gasteiger charge is 2.19. The van der Waals surface area contributed by atoms with Gasteiger partial charge in [-0.3, -0.25) is 9.59 Å². The number of carboxylic acids is 1. The van der Waals surface area contributed by atoms with Crippen LogP contribution in [0.3, 0.4) is 0 Å². The summed E-state index contributed by atoms with van der Waals surface area (Å²) >= 11 is 2.77. The lowest BCUT2D eigenvalue weighted by molar-refractivity contribution is -0.135. The van der Waals surface area contributed by atoms with Gasteiger partial charge in [0.1, 0.15) is 21.8 Å². The maximum Gasteiger partial charge on any atom is 0.322 e. The molecule has 3 N–H and O–H groups in total. The van der Waals surface area contributed by atoms with E-state index in [0.717, 1.165) is 9.88 Å². The third-order valence-corrected chi connectivity index (χ3v) is 4.87. The van der Waals surface area contributed by atoms with Crippen molar-refractivity contribution in [2.24, 2.45) is 0 Å². The minimum atomic E-state index is -1.17. The highest BCUT2D eigenvalue weighted by molar-refractivity contribution is 7.25. The molecule has 0 fully saturated rings. The molecule has 0 saturated carbocycles. The molecule has 0 aromatic carbocycles. The van der Waals surface area contributed by atoms with E-state index in [1.165, 1.54) is 28.9 Å². The minimum absolute atomic E-state index is 0.213. The molecule has 0 bridgehead atoms. The zero-order valence-corrected chi connectivity index (χ0v) is 12.6. The SMILES string of the molecule is O=C(O)CNC(=O)c1ncc2nc(-c3cccs3)sc2c1O. The van der Waals surface area contributed by atoms with Gasteiger partial charge >= 0.3 is 5.97 Å². The van der Waals surface area contributed by atoms with Gasteiger partial charge in [0.25, 0.3) is 5.91 Å². The first-order chi connectivity index (χ1) is 10.6. The molecule has 0 aliphatic rings. The molecule has 0 radical (unpaired) electrons. The van der Waals surface area contributed by atoms with E-state index in [-0.39, 0.29) is 11.4 Å². The molecule has 22 heavy (non-hydrogen) atoms. The zero-order valence-electron chi connectivity index (χ0n) is 10.9. The number of nitrogens with zero attached hydrogens (tertiary/aromatic N) is 2. The van der Waals surface area contributed by atoms with Gasteiger partial charge in [-0.15, -0.1) is 22.7 Å². The first-order valence-corrected chi connectivity index (χ1v) is 7.78. The van der Waals surface area contributed by atoms with Gasteiger partial charge in [-0.25, -0.2) is 9.97 Å². The number of carbonyl (C=O) groups is 2. The van der Waals surface area contributed by atoms with E-state index < -0.39 is 18.4 Å². The van der Waals surface area contributed by atoms with Gasteiger partial charge in [0, 0.05) is 0 Å². The fourth-order valence-corrected chi connectivity index (χ4v) is 3.57. The normalized spacial score (nSPS) is 10.7. The fraction of sp³-hybridized carbons (Fsp3) is 0.0769. The number of carbonyl (C=O) groups excluding carboxylic acids is 1. The second-order valence-corrected chi connectivity index (χ2v) is 6.19. The summed E-state index contributed by atoms with van der Waals surface area (Å²) in [6.45, 7) is -0.541. The number of aromatic nitrogens is 2. The summed E-state index contributed by atoms with van der Waals surface area (Å²) in [5, 5.41) is 23.6. The number of rotatable bonds is 4. The summed E-state index contributed by atoms with van der Waals surface area (Å²) < 4.78 is 0.443. The summed E-state index contributed by atoms with van der Waals surface area (Å²) in [7, 11) is 0. The lowest BCUT2D eigenvalue weighted by Gasteiger charge is -2.03. The van der Waals surface area contributed by atoms with Crippen LogP contribution < -0.4 is 5.32 Å². The average Bonchev–Trinajstić information content (AvgIpc) is 3.13. The van der Waals surface area contributed by atoms with Crippen LogP contribution in [0, 0.1) is 0 Å². The molecule has 3 rings (SSSR count). The number of fused-ring (bicyclic) bond motifs is 1. The lowest BCUT2D eigenvalue weighted by Crippen LogP contribution is -2.29. The van der Waals surface area contributed by atoms with E-state index in [2.05, 4.69) is 15.3 Å². The first kappa shape index (κ1) is 14.4. The van der Waals surface area contributed by atoms with Crippen LogP contribution in [0.2, 0.25) is 0 Å². The van der Waals surface area contributed by atoms with E-state index >= 15 is 0 Å². The van der Waals surface area contributed by atoms with Crippen molar-refractivity contribution in [2.45, 2.75) is 0 Å². The Morgan fingerprint density at radius 3 is 2.86 bits per heavy atom. The quantitative estimate of drug-likeness (QED) is 0.671. The standard InChI is InChI=1S/C13H9N3O4S2/c17-8(18)5-15-12(20)9-10(19)11-6(4-14-9)16-13(22-11)7-2-1-3-21-7/h1-4,19H,5H2,(H,15,20)(H,17,18). The number of pyridine rings is 1. The number of nitrogens with one attached hydrogen (secondary N) is 1. The molecule has 1 amide bonds. The molecule has 3 heterocycles. The van der Waals surface area contributed by atoms with Gasteiger partial charge in [0.15, 0.2) is 11.4 Å². The second-order valence-electron chi connectivity index (χ2n) is 4.24. The predicted octanol–water partition coefficient (Wildman–Crippen LogP) is 1.94. The maximum atomic E-state index is 11.8. The van der Waals surface area contributed by atoms with Gasteiger partial charge in [-0.1, -0.05) is 6.07 Å². The highest BCUT2D eigenvalue weighted by Crippen LogP contribution is 2.37. The summed E-state index contributed by atoms with van der Waals surface area (Å²) in [6.07, 6.45) is 1.39. The summed E-state index contributed by atoms with van der Waals surface area (Å²) in [5.41, 5.74) is 0.274. The van der Waals surface area contributed by atoms with Gasteiger partial charge < -0.3 is 15.5 Å². The Kier molecular flexibility index (Phi) is 3.73. The number of thiophene rings is 1. The van der Waals surface area contributed by atoms with Crippen LogP contribution in [0.15, 0.2) is 23.7 Å². The first-order valence-electron chi connectivity index (χ1n) is 6.08. The van der Waals surface area contributed by atoms with Gasteiger partial charge in [-0.05, 0) is 11.4 Å². The van der Waals surface area contributed by atoms with Crippen LogP contribution in [0.5, 0.6) is 5.75 Å². The molecule has 3 aromatic rings. The molecule has 0 saturated heterocycles. The van der Waals surface area contributed by atoms with Crippen LogP contribution in [0.25, 0.3) is 20.1 Å². The Balaban J connectivity index is 1.99. The zero-order chi connectivity index (χ0) is 15.7. The van der Waals surface area contributed by atoms with Gasteiger partial charge in [0.2, 0.25) is 0 Å². The Morgan fingerprint density at radius 2 is 2.18 bits per heavy atom. The van der Waals surface area contributed by atoms with Crippen molar-refractivity contribution in [3.63, 3.8) is 0 Å². The van der Waals surface area contributed by atoms with Crippen molar-refractivity contribution in [1.82, 2.24) is 15.3 Å². The predicted molar refractivity (Wildman–Crippen MR) is 82.4 cm³/mol. The number of amides is 1. The Hall–Kier alpha value is -2.52. The number of thiazole rings is 1. The number of hydrogen-bond donors (Lipinski definition) is 3. The molecule has 0 atom stereocenters. The molecule has 0 aliphatic carbocycles. The fourth-order valence-electron chi connectivity index (χ4n) is 1.79. The molecular weight excluding hydrogens is 326 g/mol. The third-order valence-electron chi connectivity index (χ3n) is 2.76. The average molecular weight is 335 g/mol. The van der Waals surface area contributed by atoms with Crippen LogP contribution in [0.1, 0.15) is 10.5 Å². The molecule has 3 aromatic heterocycles. The van der Waals surface area contributed by atoms with Crippen molar-refractivity contribution in [3.05, 3.63) is 29.4 Å². The van der Waals surface area contributed by atoms with Crippen LogP contribution in [0.4, 0.5) is 0 Å². The van der Waals surface area contributed by atoms with Crippen molar-refractivity contribution < 1.29 is 19.8 Å². The Bertz CT molecular complexity index is 858. The van der Waals surface area contributed by atoms with E-state index in [0.29, 0.717) is 10.2 Å². The molecular formula is C13H9N3O4S2. The summed E-state index contributed by atoms with van der Waals surface area (Å²) in [6, 6.07) is 3.81. The Labute approximate surface area is 131 Å². The van der Waals surface area contributed by atoms with E-state index in [1.807, 2.05) is 17.5 Å². The van der Waals surface area contributed by atoms with Crippen LogP contribution in [-0.4, -0.2) is 38.6 Å². The van der Waals surface area contributed by atoms with E-state index in [9.17, 15) is 14.7 Å². The van der Waals surface area contributed by atoms with Crippen molar-refractivity contribution in [1.29, 1.82) is 0 Å². The molecule has 112 valence electrons. The lowest BCUT2D eigenvalue weighted by atomic mass is 10.3. The molecule has 0 unspecified atom stereocenters. The topological polar surface area (TPSA) is 112 Å². The summed E-state index contributed by atoms with van der Waals surface area (Å²) in [5.74, 6) is -2.21. The second kappa shape index (κ2) is 5.70. The molecule has 7 nitrogen and oxygen atoms in total. The van der Waals surface area contributed by atoms with Gasteiger partial charge in [-0.2, -0.15) is 0 Å². The number of aromatic hydroxyl groups is 1. The van der Waals surface area contributed by atoms with Crippen LogP contribution >= 0.6 is 22.7 Å². The summed E-state index contributed by atoms with van der Waals surface area (Å²) in [4.78, 5) is 31.5. The van der Waals surface area contributed by atoms with Gasteiger partial charge in [0.05, 0.1) is 11.1 Å². The smallest absolute Gasteiger partial charge is 0.322 e. The number of aliphatic carboxylic acids is 1. The Morgan fingerprint density at radius 1 is 1.36 bits per heavy atom. The molecule has 9 heteroatoms. The van der Waals surface area contributed by atoms with Crippen molar-refractivity contribution in [3.8, 4) is 15.6 Å². The number of carboxylic acid groups (broad SMARTS) is 1. The minimum Gasteiger partial charge on any atom is -0.504 e. The van der Waals surface area contributed by atoms with E-state index in [4.69, 9.17) is 5.11 Å². The van der Waals surface area contributed by atoms with Crippen molar-refractivity contribution >= 4 is 44.8 Å². The molecule has 0 spiro atoms. The number of hydrogen-bond acceptors (Lipinski definition) is 7. The van der Waals surface area contributed by atoms with Crippen molar-refractivity contribution in [2.75, 3.05) is 6.54 Å². The molecule has 0 aliphatic heterocycles. The largest absolute Gasteiger partial charge is 0.504 e. The van der Waals surface area contributed by atoms with E-state index in [1.54, 1.807) is 0 Å². The maximum absolute atomic E-state index is 11.8. The third kappa shape index (κ3) is 2.63. The monoisotopic (exact) mass is 335 g/mol. The van der Waals surface area contributed by atoms with Crippen LogP contribution in [-0.2, 0) is 4.79 Å². The highest BCUT2D eigenvalue weighted by atomic mass is 32.1.